The SMILES string of the molecule is NC(=O)c1nccc2c1ncn2Cc1ccc(BO)cc1. The molecule has 0 aliphatic carbocycles. The van der Waals surface area contributed by atoms with Gasteiger partial charge in [-0.25, -0.2) is 9.97 Å². The Kier molecular flexibility index (Phi) is 3.41. The standard InChI is InChI=1S/C14H13BN4O2/c16-14(20)13-12-11(5-6-17-13)19(8-18-12)7-9-1-3-10(15-21)4-2-9/h1-6,8,15,21H,7H2,(H2,16,20). The molecule has 3 aromatic rings. The molecule has 1 amide bonds. The number of rotatable bonds is 4. The first kappa shape index (κ1) is 13.3. The molecule has 104 valence electrons. The predicted molar refractivity (Wildman–Crippen MR) is 80.6 cm³/mol. The van der Waals surface area contributed by atoms with Gasteiger partial charge in [-0.3, -0.25) is 4.79 Å². The molecular formula is C14H13BN4O2. The van der Waals surface area contributed by atoms with Gasteiger partial charge in [-0.2, -0.15) is 0 Å². The third-order valence-corrected chi connectivity index (χ3v) is 3.33. The summed E-state index contributed by atoms with van der Waals surface area (Å²) in [5.74, 6) is -0.585. The van der Waals surface area contributed by atoms with Crippen LogP contribution in [0, 0.1) is 0 Å². The van der Waals surface area contributed by atoms with Crippen LogP contribution >= 0.6 is 0 Å². The minimum absolute atomic E-state index is 0.0297. The highest BCUT2D eigenvalue weighted by Crippen LogP contribution is 2.16. The predicted octanol–water partition coefficient (Wildman–Crippen LogP) is -0.452. The van der Waals surface area contributed by atoms with Gasteiger partial charge in [-0.05, 0) is 11.6 Å². The third kappa shape index (κ3) is 2.51. The van der Waals surface area contributed by atoms with E-state index in [4.69, 9.17) is 10.8 Å². The van der Waals surface area contributed by atoms with E-state index in [1.807, 2.05) is 28.8 Å². The van der Waals surface area contributed by atoms with Crippen LogP contribution in [0.4, 0.5) is 0 Å². The lowest BCUT2D eigenvalue weighted by Crippen LogP contribution is -2.14. The molecule has 3 rings (SSSR count). The van der Waals surface area contributed by atoms with Gasteiger partial charge in [0.2, 0.25) is 0 Å². The molecule has 2 aromatic heterocycles. The topological polar surface area (TPSA) is 94.0 Å². The number of pyridine rings is 1. The monoisotopic (exact) mass is 280 g/mol. The Bertz CT molecular complexity index is 798. The maximum Gasteiger partial charge on any atom is 0.304 e. The third-order valence-electron chi connectivity index (χ3n) is 3.33. The first-order valence-electron chi connectivity index (χ1n) is 6.47. The molecule has 0 saturated carbocycles. The van der Waals surface area contributed by atoms with Crippen LogP contribution < -0.4 is 11.2 Å². The Morgan fingerprint density at radius 1 is 1.24 bits per heavy atom. The Hall–Kier alpha value is -2.67. The molecule has 0 aliphatic rings. The van der Waals surface area contributed by atoms with Gasteiger partial charge in [-0.1, -0.05) is 29.7 Å². The molecule has 2 heterocycles. The Balaban J connectivity index is 1.97. The van der Waals surface area contributed by atoms with Gasteiger partial charge in [0.05, 0.1) is 11.8 Å². The van der Waals surface area contributed by atoms with Crippen molar-refractivity contribution in [3.63, 3.8) is 0 Å². The van der Waals surface area contributed by atoms with Gasteiger partial charge < -0.3 is 15.3 Å². The van der Waals surface area contributed by atoms with Gasteiger partial charge in [0.15, 0.2) is 5.69 Å². The Morgan fingerprint density at radius 3 is 2.67 bits per heavy atom. The molecule has 0 atom stereocenters. The van der Waals surface area contributed by atoms with E-state index in [1.54, 1.807) is 18.6 Å². The second-order valence-electron chi connectivity index (χ2n) is 4.74. The first-order chi connectivity index (χ1) is 10.2. The maximum absolute atomic E-state index is 11.3. The highest BCUT2D eigenvalue weighted by atomic mass is 16.2. The summed E-state index contributed by atoms with van der Waals surface area (Å²) in [5.41, 5.74) is 8.75. The number of carbonyl (C=O) groups is 1. The van der Waals surface area contributed by atoms with E-state index in [1.165, 1.54) is 0 Å². The van der Waals surface area contributed by atoms with Crippen molar-refractivity contribution in [3.8, 4) is 0 Å². The summed E-state index contributed by atoms with van der Waals surface area (Å²) in [7, 11) is 0.0297. The maximum atomic E-state index is 11.3. The number of aromatic nitrogens is 3. The van der Waals surface area contributed by atoms with Gasteiger partial charge in [0, 0.05) is 12.7 Å². The molecule has 7 heteroatoms. The number of amides is 1. The van der Waals surface area contributed by atoms with Crippen LogP contribution in [-0.4, -0.2) is 32.9 Å². The van der Waals surface area contributed by atoms with E-state index in [2.05, 4.69) is 9.97 Å². The fraction of sp³-hybridized carbons (Fsp3) is 0.0714. The van der Waals surface area contributed by atoms with Crippen molar-refractivity contribution in [1.29, 1.82) is 0 Å². The molecule has 3 N–H and O–H groups in total. The minimum Gasteiger partial charge on any atom is -0.449 e. The highest BCUT2D eigenvalue weighted by molar-refractivity contribution is 6.45. The molecule has 1 aromatic carbocycles. The van der Waals surface area contributed by atoms with E-state index in [0.29, 0.717) is 12.1 Å². The van der Waals surface area contributed by atoms with Gasteiger partial charge in [0.1, 0.15) is 5.52 Å². The van der Waals surface area contributed by atoms with E-state index < -0.39 is 5.91 Å². The second kappa shape index (κ2) is 5.38. The molecule has 0 saturated heterocycles. The van der Waals surface area contributed by atoms with E-state index >= 15 is 0 Å². The van der Waals surface area contributed by atoms with Crippen molar-refractivity contribution in [2.24, 2.45) is 5.73 Å². The van der Waals surface area contributed by atoms with Crippen LogP contribution in [0.15, 0.2) is 42.9 Å². The number of carbonyl (C=O) groups excluding carboxylic acids is 1. The number of imidazole rings is 1. The van der Waals surface area contributed by atoms with E-state index in [9.17, 15) is 4.79 Å². The molecule has 0 radical (unpaired) electrons. The van der Waals surface area contributed by atoms with Crippen LogP contribution in [0.3, 0.4) is 0 Å². The van der Waals surface area contributed by atoms with Crippen LogP contribution in [0.2, 0.25) is 0 Å². The van der Waals surface area contributed by atoms with Gasteiger partial charge in [-0.15, -0.1) is 0 Å². The lowest BCUT2D eigenvalue weighted by Gasteiger charge is -2.05. The molecule has 0 spiro atoms. The first-order valence-corrected chi connectivity index (χ1v) is 6.47. The molecule has 0 bridgehead atoms. The van der Waals surface area contributed by atoms with E-state index in [-0.39, 0.29) is 13.2 Å². The number of hydrogen-bond acceptors (Lipinski definition) is 4. The summed E-state index contributed by atoms with van der Waals surface area (Å²) in [6.45, 7) is 0.615. The summed E-state index contributed by atoms with van der Waals surface area (Å²) in [6.07, 6.45) is 3.22. The summed E-state index contributed by atoms with van der Waals surface area (Å²) in [4.78, 5) is 19.5. The molecule has 0 unspecified atom stereocenters. The molecule has 21 heavy (non-hydrogen) atoms. The van der Waals surface area contributed by atoms with Crippen molar-refractivity contribution < 1.29 is 9.82 Å². The van der Waals surface area contributed by atoms with Gasteiger partial charge >= 0.3 is 7.48 Å². The zero-order valence-corrected chi connectivity index (χ0v) is 11.2. The van der Waals surface area contributed by atoms with E-state index in [0.717, 1.165) is 16.5 Å². The summed E-state index contributed by atoms with van der Waals surface area (Å²) >= 11 is 0. The van der Waals surface area contributed by atoms with Gasteiger partial charge in [0.25, 0.3) is 5.91 Å². The smallest absolute Gasteiger partial charge is 0.304 e. The fourth-order valence-corrected chi connectivity index (χ4v) is 2.25. The van der Waals surface area contributed by atoms with Crippen LogP contribution in [0.25, 0.3) is 11.0 Å². The van der Waals surface area contributed by atoms with Crippen molar-refractivity contribution in [2.45, 2.75) is 6.54 Å². The second-order valence-corrected chi connectivity index (χ2v) is 4.74. The normalized spacial score (nSPS) is 10.7. The fourth-order valence-electron chi connectivity index (χ4n) is 2.25. The Morgan fingerprint density at radius 2 is 2.00 bits per heavy atom. The number of primary amides is 1. The van der Waals surface area contributed by atoms with Crippen LogP contribution in [-0.2, 0) is 6.54 Å². The van der Waals surface area contributed by atoms with Crippen LogP contribution in [0.5, 0.6) is 0 Å². The number of benzene rings is 1. The lowest BCUT2D eigenvalue weighted by atomic mass is 9.88. The summed E-state index contributed by atoms with van der Waals surface area (Å²) in [6, 6.07) is 9.47. The molecule has 6 nitrogen and oxygen atoms in total. The molecule has 0 aliphatic heterocycles. The number of nitrogens with zero attached hydrogens (tertiary/aromatic N) is 3. The van der Waals surface area contributed by atoms with Crippen LogP contribution in [0.1, 0.15) is 16.1 Å². The minimum atomic E-state index is -0.585. The van der Waals surface area contributed by atoms with Crippen molar-refractivity contribution >= 4 is 29.9 Å². The van der Waals surface area contributed by atoms with Crippen molar-refractivity contribution in [2.75, 3.05) is 0 Å². The number of hydrogen-bond donors (Lipinski definition) is 2. The van der Waals surface area contributed by atoms with Crippen molar-refractivity contribution in [1.82, 2.24) is 14.5 Å². The average molecular weight is 280 g/mol. The number of fused-ring (bicyclic) bond motifs is 1. The number of nitrogens with two attached hydrogens (primary N) is 1. The lowest BCUT2D eigenvalue weighted by molar-refractivity contribution is 0.0997. The molecule has 0 fully saturated rings. The summed E-state index contributed by atoms with van der Waals surface area (Å²) < 4.78 is 1.93. The zero-order chi connectivity index (χ0) is 14.8. The van der Waals surface area contributed by atoms with Crippen molar-refractivity contribution in [3.05, 3.63) is 54.1 Å². The molecular weight excluding hydrogens is 267 g/mol. The highest BCUT2D eigenvalue weighted by Gasteiger charge is 2.12. The Labute approximate surface area is 121 Å². The quantitative estimate of drug-likeness (QED) is 0.633. The largest absolute Gasteiger partial charge is 0.449 e. The summed E-state index contributed by atoms with van der Waals surface area (Å²) in [5, 5.41) is 9.04. The average Bonchev–Trinajstić information content (AvgIpc) is 2.91. The zero-order valence-electron chi connectivity index (χ0n) is 11.2.